The number of benzene rings is 1. The number of nitrogens with zero attached hydrogens (tertiary/aromatic N) is 5. The van der Waals surface area contributed by atoms with Crippen LogP contribution in [0.1, 0.15) is 35.7 Å². The van der Waals surface area contributed by atoms with E-state index >= 15 is 0 Å². The number of hydrogen-bond donors (Lipinski definition) is 0. The molecule has 0 saturated carbocycles. The number of likely N-dealkylation sites (tertiary alicyclic amines) is 1. The van der Waals surface area contributed by atoms with Crippen molar-refractivity contribution < 1.29 is 9.53 Å². The van der Waals surface area contributed by atoms with E-state index in [2.05, 4.69) is 44.7 Å². The molecule has 29 heavy (non-hydrogen) atoms. The molecular weight excluding hydrogens is 481 g/mol. The van der Waals surface area contributed by atoms with Crippen LogP contribution in [0.25, 0.3) is 5.69 Å². The van der Waals surface area contributed by atoms with Crippen LogP contribution in [0, 0.1) is 10.5 Å². The van der Waals surface area contributed by atoms with E-state index in [1.54, 1.807) is 18.6 Å². The number of ether oxygens (including phenoxy) is 1. The number of carbonyl (C=O) groups excluding carboxylic acids is 1. The van der Waals surface area contributed by atoms with Crippen molar-refractivity contribution in [2.75, 3.05) is 6.54 Å². The Balaban J connectivity index is 1.56. The molecule has 0 spiro atoms. The summed E-state index contributed by atoms with van der Waals surface area (Å²) in [6.07, 6.45) is 6.64. The van der Waals surface area contributed by atoms with Crippen LogP contribution in [-0.2, 0) is 0 Å². The molecule has 1 saturated heterocycles. The zero-order valence-corrected chi connectivity index (χ0v) is 18.5. The molecule has 0 bridgehead atoms. The lowest BCUT2D eigenvalue weighted by molar-refractivity contribution is 0.0370. The molecule has 3 aromatic rings. The minimum atomic E-state index is -0.0884. The zero-order valence-electron chi connectivity index (χ0n) is 16.3. The lowest BCUT2D eigenvalue weighted by atomic mass is 9.99. The summed E-state index contributed by atoms with van der Waals surface area (Å²) >= 11 is 2.28. The monoisotopic (exact) mass is 503 g/mol. The lowest BCUT2D eigenvalue weighted by Gasteiger charge is -2.38. The molecule has 4 rings (SSSR count). The molecule has 1 amide bonds. The summed E-state index contributed by atoms with van der Waals surface area (Å²) < 4.78 is 7.31. The van der Waals surface area contributed by atoms with Crippen LogP contribution >= 0.6 is 22.6 Å². The van der Waals surface area contributed by atoms with Gasteiger partial charge in [-0.05, 0) is 67.5 Å². The molecule has 3 heterocycles. The third kappa shape index (κ3) is 4.12. The summed E-state index contributed by atoms with van der Waals surface area (Å²) in [7, 11) is 0. The number of hydrogen-bond acceptors (Lipinski definition) is 5. The fraction of sp³-hybridized carbons (Fsp3) is 0.333. The van der Waals surface area contributed by atoms with E-state index in [9.17, 15) is 4.79 Å². The molecule has 8 heteroatoms. The largest absolute Gasteiger partial charge is 0.472 e. The molecule has 1 fully saturated rings. The van der Waals surface area contributed by atoms with Gasteiger partial charge in [-0.3, -0.25) is 4.79 Å². The van der Waals surface area contributed by atoms with E-state index in [0.29, 0.717) is 23.7 Å². The first-order valence-electron chi connectivity index (χ1n) is 9.59. The van der Waals surface area contributed by atoms with Crippen molar-refractivity contribution in [1.29, 1.82) is 0 Å². The second kappa shape index (κ2) is 8.48. The molecule has 1 aliphatic heterocycles. The highest BCUT2D eigenvalue weighted by Gasteiger charge is 2.32. The molecule has 1 aliphatic rings. The Morgan fingerprint density at radius 1 is 1.14 bits per heavy atom. The molecule has 0 unspecified atom stereocenters. The van der Waals surface area contributed by atoms with Crippen molar-refractivity contribution in [3.05, 3.63) is 63.6 Å². The first-order chi connectivity index (χ1) is 14.0. The fourth-order valence-corrected chi connectivity index (χ4v) is 3.94. The molecule has 2 aromatic heterocycles. The lowest BCUT2D eigenvalue weighted by Crippen LogP contribution is -2.49. The van der Waals surface area contributed by atoms with Gasteiger partial charge in [0.05, 0.1) is 30.2 Å². The van der Waals surface area contributed by atoms with Gasteiger partial charge in [0.1, 0.15) is 6.10 Å². The van der Waals surface area contributed by atoms with Gasteiger partial charge < -0.3 is 9.64 Å². The maximum atomic E-state index is 13.4. The van der Waals surface area contributed by atoms with Crippen LogP contribution in [0.3, 0.4) is 0 Å². The van der Waals surface area contributed by atoms with Crippen LogP contribution in [-0.4, -0.2) is 49.5 Å². The highest BCUT2D eigenvalue weighted by atomic mass is 127. The molecule has 7 nitrogen and oxygen atoms in total. The molecule has 0 N–H and O–H groups in total. The van der Waals surface area contributed by atoms with Crippen LogP contribution < -0.4 is 4.74 Å². The number of amides is 1. The Morgan fingerprint density at radius 3 is 2.69 bits per heavy atom. The van der Waals surface area contributed by atoms with Crippen LogP contribution in [0.4, 0.5) is 0 Å². The van der Waals surface area contributed by atoms with Crippen molar-refractivity contribution in [2.24, 2.45) is 0 Å². The summed E-state index contributed by atoms with van der Waals surface area (Å²) in [6, 6.07) is 9.51. The molecular formula is C21H22IN5O2. The number of aromatic nitrogens is 4. The molecule has 150 valence electrons. The van der Waals surface area contributed by atoms with Crippen molar-refractivity contribution in [3.63, 3.8) is 0 Å². The third-order valence-corrected chi connectivity index (χ3v) is 6.41. The van der Waals surface area contributed by atoms with E-state index in [-0.39, 0.29) is 18.1 Å². The second-order valence-corrected chi connectivity index (χ2v) is 8.34. The standard InChI is InChI=1S/C21H22IN5O2/c1-14-7-8-16(29-20-15(2)18(22)9-10-23-20)13-26(14)21(28)17-5-3-4-6-19(17)27-24-11-12-25-27/h3-6,9-12,14,16H,7-8,13H2,1-2H3/t14-,16-/m1/s1. The van der Waals surface area contributed by atoms with Gasteiger partial charge in [-0.2, -0.15) is 15.0 Å². The van der Waals surface area contributed by atoms with Gasteiger partial charge in [0.2, 0.25) is 5.88 Å². The Bertz CT molecular complexity index is 1010. The van der Waals surface area contributed by atoms with Crippen molar-refractivity contribution >= 4 is 28.5 Å². The van der Waals surface area contributed by atoms with E-state index < -0.39 is 0 Å². The number of carbonyl (C=O) groups is 1. The predicted molar refractivity (Wildman–Crippen MR) is 117 cm³/mol. The quantitative estimate of drug-likeness (QED) is 0.509. The minimum Gasteiger partial charge on any atom is -0.472 e. The molecule has 0 aliphatic carbocycles. The second-order valence-electron chi connectivity index (χ2n) is 7.18. The summed E-state index contributed by atoms with van der Waals surface area (Å²) in [5.74, 6) is 0.607. The first kappa shape index (κ1) is 19.8. The van der Waals surface area contributed by atoms with Gasteiger partial charge in [0, 0.05) is 21.4 Å². The topological polar surface area (TPSA) is 73.1 Å². The van der Waals surface area contributed by atoms with Crippen LogP contribution in [0.5, 0.6) is 5.88 Å². The van der Waals surface area contributed by atoms with Gasteiger partial charge in [-0.25, -0.2) is 4.98 Å². The Hall–Kier alpha value is -2.49. The highest BCUT2D eigenvalue weighted by molar-refractivity contribution is 14.1. The van der Waals surface area contributed by atoms with Gasteiger partial charge in [-0.15, -0.1) is 0 Å². The summed E-state index contributed by atoms with van der Waals surface area (Å²) in [5.41, 5.74) is 2.28. The Kier molecular flexibility index (Phi) is 5.79. The van der Waals surface area contributed by atoms with Gasteiger partial charge in [0.25, 0.3) is 5.91 Å². The zero-order chi connectivity index (χ0) is 20.4. The number of rotatable bonds is 4. The van der Waals surface area contributed by atoms with E-state index in [0.717, 1.165) is 22.0 Å². The summed E-state index contributed by atoms with van der Waals surface area (Å²) in [4.78, 5) is 21.2. The fourth-order valence-electron chi connectivity index (χ4n) is 3.55. The summed E-state index contributed by atoms with van der Waals surface area (Å²) in [6.45, 7) is 4.61. The van der Waals surface area contributed by atoms with Crippen LogP contribution in [0.15, 0.2) is 48.9 Å². The first-order valence-corrected chi connectivity index (χ1v) is 10.7. The average Bonchev–Trinajstić information content (AvgIpc) is 3.27. The number of halogens is 1. The van der Waals surface area contributed by atoms with Crippen LogP contribution in [0.2, 0.25) is 0 Å². The predicted octanol–water partition coefficient (Wildman–Crippen LogP) is 3.65. The van der Waals surface area contributed by atoms with Crippen molar-refractivity contribution in [2.45, 2.75) is 38.8 Å². The minimum absolute atomic E-state index is 0.0361. The number of piperidine rings is 1. The van der Waals surface area contributed by atoms with Gasteiger partial charge in [0.15, 0.2) is 0 Å². The maximum absolute atomic E-state index is 13.4. The third-order valence-electron chi connectivity index (χ3n) is 5.24. The number of para-hydroxylation sites is 1. The summed E-state index contributed by atoms with van der Waals surface area (Å²) in [5, 5.41) is 8.37. The Labute approximate surface area is 183 Å². The Morgan fingerprint density at radius 2 is 1.90 bits per heavy atom. The normalized spacial score (nSPS) is 19.2. The van der Waals surface area contributed by atoms with E-state index in [1.807, 2.05) is 42.2 Å². The molecule has 0 radical (unpaired) electrons. The highest BCUT2D eigenvalue weighted by Crippen LogP contribution is 2.27. The molecule has 2 atom stereocenters. The SMILES string of the molecule is Cc1c(I)ccnc1O[C@@H]1CC[C@@H](C)N(C(=O)c2ccccc2-n2nccn2)C1. The van der Waals surface area contributed by atoms with Gasteiger partial charge >= 0.3 is 0 Å². The van der Waals surface area contributed by atoms with Gasteiger partial charge in [-0.1, -0.05) is 12.1 Å². The average molecular weight is 503 g/mol. The molecule has 1 aromatic carbocycles. The number of pyridine rings is 1. The van der Waals surface area contributed by atoms with E-state index in [1.165, 1.54) is 4.80 Å². The maximum Gasteiger partial charge on any atom is 0.256 e. The van der Waals surface area contributed by atoms with Crippen molar-refractivity contribution in [3.8, 4) is 11.6 Å². The smallest absolute Gasteiger partial charge is 0.256 e. The van der Waals surface area contributed by atoms with Crippen molar-refractivity contribution in [1.82, 2.24) is 24.9 Å². The van der Waals surface area contributed by atoms with E-state index in [4.69, 9.17) is 4.74 Å².